The minimum Gasteiger partial charge on any atom is -0.310 e. The van der Waals surface area contributed by atoms with E-state index >= 15 is 0 Å². The van der Waals surface area contributed by atoms with Crippen LogP contribution in [0.15, 0.2) is 67.4 Å². The molecule has 200 valence electrons. The molecule has 0 spiro atoms. The topological polar surface area (TPSA) is 158 Å². The zero-order chi connectivity index (χ0) is 28.2. The van der Waals surface area contributed by atoms with Gasteiger partial charge in [0.2, 0.25) is 5.91 Å². The Morgan fingerprint density at radius 3 is 2.62 bits per heavy atom. The molecule has 39 heavy (non-hydrogen) atoms. The van der Waals surface area contributed by atoms with E-state index < -0.39 is 14.6 Å². The Bertz CT molecular complexity index is 1640. The van der Waals surface area contributed by atoms with Crippen molar-refractivity contribution in [3.05, 3.63) is 73.1 Å². The number of anilines is 1. The van der Waals surface area contributed by atoms with Gasteiger partial charge in [-0.15, -0.1) is 0 Å². The van der Waals surface area contributed by atoms with Crippen LogP contribution in [-0.2, 0) is 20.6 Å². The largest absolute Gasteiger partial charge is 0.471 e. The minimum atomic E-state index is -4.73. The van der Waals surface area contributed by atoms with Crippen LogP contribution in [0, 0.1) is 11.3 Å². The summed E-state index contributed by atoms with van der Waals surface area (Å²) in [6.45, 7) is 0.201. The van der Waals surface area contributed by atoms with Crippen molar-refractivity contribution in [2.45, 2.75) is 6.73 Å². The monoisotopic (exact) mass is 547 g/mol. The number of fused-ring (bicyclic) bond motifs is 1. The van der Waals surface area contributed by atoms with Crippen LogP contribution in [0.2, 0.25) is 0 Å². The molecular weight excluding hydrogens is 521 g/mol. The molecule has 0 aliphatic carbocycles. The average Bonchev–Trinajstić information content (AvgIpc) is 3.29. The molecule has 12 nitrogen and oxygen atoms in total. The number of nitrogens with zero attached hydrogens (tertiary/aromatic N) is 7. The van der Waals surface area contributed by atoms with Crippen LogP contribution in [0.1, 0.15) is 5.69 Å². The summed E-state index contributed by atoms with van der Waals surface area (Å²) in [6.07, 6.45) is 11.3. The van der Waals surface area contributed by atoms with Gasteiger partial charge in [-0.05, 0) is 43.9 Å². The lowest BCUT2D eigenvalue weighted by Crippen LogP contribution is -2.24. The van der Waals surface area contributed by atoms with E-state index in [1.807, 2.05) is 37.2 Å². The van der Waals surface area contributed by atoms with Crippen LogP contribution in [0.5, 0.6) is 0 Å². The van der Waals surface area contributed by atoms with Crippen molar-refractivity contribution in [1.82, 2.24) is 24.4 Å². The third kappa shape index (κ3) is 6.80. The first-order chi connectivity index (χ1) is 18.6. The number of amides is 1. The average molecular weight is 548 g/mol. The van der Waals surface area contributed by atoms with E-state index in [0.29, 0.717) is 45.5 Å². The third-order valence-corrected chi connectivity index (χ3v) is 6.22. The fourth-order valence-corrected chi connectivity index (χ4v) is 4.10. The third-order valence-electron chi connectivity index (χ3n) is 5.77. The predicted molar refractivity (Wildman–Crippen MR) is 145 cm³/mol. The zero-order valence-corrected chi connectivity index (χ0v) is 22.4. The number of pyridine rings is 3. The quantitative estimate of drug-likeness (QED) is 0.235. The molecule has 0 radical (unpaired) electrons. The molecule has 0 fully saturated rings. The first kappa shape index (κ1) is 27.8. The van der Waals surface area contributed by atoms with Crippen molar-refractivity contribution < 1.29 is 23.7 Å². The van der Waals surface area contributed by atoms with E-state index in [4.69, 9.17) is 4.52 Å². The Morgan fingerprint density at radius 1 is 1.13 bits per heavy atom. The molecule has 0 saturated carbocycles. The molecule has 0 aliphatic rings. The lowest BCUT2D eigenvalue weighted by molar-refractivity contribution is -0.113. The highest BCUT2D eigenvalue weighted by Crippen LogP contribution is 2.38. The van der Waals surface area contributed by atoms with E-state index in [2.05, 4.69) is 15.0 Å². The molecule has 1 amide bonds. The Morgan fingerprint density at radius 2 is 1.90 bits per heavy atom. The SMILES string of the molecule is CN(C)C/C=C/C(=O)N(C)c1cncc(-c2cnc3c(c2)c(-c2ccnc(C#N)c2)cn3COP(=O)(O)O)c1. The van der Waals surface area contributed by atoms with Gasteiger partial charge >= 0.3 is 7.82 Å². The number of phosphoric ester groups is 1. The summed E-state index contributed by atoms with van der Waals surface area (Å²) < 4.78 is 17.5. The van der Waals surface area contributed by atoms with Gasteiger partial charge < -0.3 is 24.2 Å². The molecule has 13 heteroatoms. The van der Waals surface area contributed by atoms with Crippen LogP contribution in [0.25, 0.3) is 33.3 Å². The van der Waals surface area contributed by atoms with Crippen molar-refractivity contribution in [3.8, 4) is 28.3 Å². The number of likely N-dealkylation sites (N-methyl/N-ethyl adjacent to an activating group) is 2. The maximum absolute atomic E-state index is 12.6. The number of hydrogen-bond acceptors (Lipinski definition) is 8. The summed E-state index contributed by atoms with van der Waals surface area (Å²) in [5.41, 5.74) is 3.96. The molecular formula is C26H26N7O5P. The maximum Gasteiger partial charge on any atom is 0.471 e. The smallest absolute Gasteiger partial charge is 0.310 e. The first-order valence-electron chi connectivity index (χ1n) is 11.7. The molecule has 0 atom stereocenters. The highest BCUT2D eigenvalue weighted by molar-refractivity contribution is 7.46. The Balaban J connectivity index is 1.75. The normalized spacial score (nSPS) is 11.8. The van der Waals surface area contributed by atoms with E-state index in [-0.39, 0.29) is 11.6 Å². The predicted octanol–water partition coefficient (Wildman–Crippen LogP) is 3.18. The summed E-state index contributed by atoms with van der Waals surface area (Å²) in [6, 6.07) is 9.03. The molecule has 0 saturated heterocycles. The van der Waals surface area contributed by atoms with Gasteiger partial charge in [-0.25, -0.2) is 14.5 Å². The van der Waals surface area contributed by atoms with Crippen molar-refractivity contribution in [2.75, 3.05) is 32.6 Å². The molecule has 0 aliphatic heterocycles. The van der Waals surface area contributed by atoms with Gasteiger partial charge in [-0.1, -0.05) is 6.08 Å². The summed E-state index contributed by atoms with van der Waals surface area (Å²) >= 11 is 0. The standard InChI is InChI=1S/C26H26N7O5P/c1-31(2)8-4-5-25(34)32(3)22-10-19(13-28-15-22)20-11-23-24(18-6-7-29-21(9-18)12-27)16-33(26(23)30-14-20)17-38-39(35,36)37/h4-7,9-11,13-16H,8,17H2,1-3H3,(H2,35,36,37)/b5-4+. The minimum absolute atomic E-state index is 0.195. The first-order valence-corrected chi connectivity index (χ1v) is 13.2. The van der Waals surface area contributed by atoms with Crippen molar-refractivity contribution in [2.24, 2.45) is 0 Å². The number of hydrogen-bond donors (Lipinski definition) is 2. The van der Waals surface area contributed by atoms with Gasteiger partial charge in [0.25, 0.3) is 0 Å². The summed E-state index contributed by atoms with van der Waals surface area (Å²) in [5.74, 6) is -0.195. The maximum atomic E-state index is 12.6. The Kier molecular flexibility index (Phi) is 8.30. The van der Waals surface area contributed by atoms with Gasteiger partial charge in [0.05, 0.1) is 11.9 Å². The van der Waals surface area contributed by atoms with Gasteiger partial charge in [0.1, 0.15) is 24.1 Å². The lowest BCUT2D eigenvalue weighted by Gasteiger charge is -2.16. The molecule has 4 heterocycles. The number of aromatic nitrogens is 4. The van der Waals surface area contributed by atoms with Gasteiger partial charge in [0.15, 0.2) is 0 Å². The van der Waals surface area contributed by atoms with Gasteiger partial charge in [-0.3, -0.25) is 14.3 Å². The van der Waals surface area contributed by atoms with E-state index in [0.717, 1.165) is 0 Å². The summed E-state index contributed by atoms with van der Waals surface area (Å²) in [7, 11) is 0.770. The lowest BCUT2D eigenvalue weighted by atomic mass is 10.0. The molecule has 0 unspecified atom stereocenters. The number of phosphoric acid groups is 1. The van der Waals surface area contributed by atoms with Crippen molar-refractivity contribution in [3.63, 3.8) is 0 Å². The Hall–Kier alpha value is -4.24. The fourth-order valence-electron chi connectivity index (χ4n) is 3.83. The van der Waals surface area contributed by atoms with Crippen molar-refractivity contribution in [1.29, 1.82) is 5.26 Å². The molecule has 0 aromatic carbocycles. The molecule has 2 N–H and O–H groups in total. The summed E-state index contributed by atoms with van der Waals surface area (Å²) in [4.78, 5) is 47.3. The number of nitriles is 1. The fraction of sp³-hybridized carbons (Fsp3) is 0.192. The Labute approximate surface area is 224 Å². The highest BCUT2D eigenvalue weighted by atomic mass is 31.2. The number of carbonyl (C=O) groups excluding carboxylic acids is 1. The highest BCUT2D eigenvalue weighted by Gasteiger charge is 2.19. The second kappa shape index (κ2) is 11.7. The number of carbonyl (C=O) groups is 1. The van der Waals surface area contributed by atoms with Crippen LogP contribution < -0.4 is 4.90 Å². The van der Waals surface area contributed by atoms with Crippen LogP contribution in [0.4, 0.5) is 5.69 Å². The molecule has 4 rings (SSSR count). The van der Waals surface area contributed by atoms with E-state index in [1.54, 1.807) is 50.0 Å². The number of rotatable bonds is 9. The summed E-state index contributed by atoms with van der Waals surface area (Å²) in [5, 5.41) is 9.95. The van der Waals surface area contributed by atoms with E-state index in [1.165, 1.54) is 21.7 Å². The van der Waals surface area contributed by atoms with Crippen LogP contribution in [-0.4, -0.2) is 67.8 Å². The van der Waals surface area contributed by atoms with E-state index in [9.17, 15) is 24.4 Å². The van der Waals surface area contributed by atoms with Crippen LogP contribution in [0.3, 0.4) is 0 Å². The zero-order valence-electron chi connectivity index (χ0n) is 21.5. The van der Waals surface area contributed by atoms with Gasteiger partial charge in [0, 0.05) is 66.5 Å². The molecule has 0 bridgehead atoms. The molecule has 4 aromatic rings. The second-order valence-corrected chi connectivity index (χ2v) is 10.1. The second-order valence-electron chi connectivity index (χ2n) is 8.89. The van der Waals surface area contributed by atoms with Gasteiger partial charge in [-0.2, -0.15) is 5.26 Å². The van der Waals surface area contributed by atoms with Crippen LogP contribution >= 0.6 is 7.82 Å². The van der Waals surface area contributed by atoms with Crippen molar-refractivity contribution >= 4 is 30.5 Å². The molecule has 4 aromatic heterocycles.